The summed E-state index contributed by atoms with van der Waals surface area (Å²) in [5.41, 5.74) is 4.84. The Bertz CT molecular complexity index is 332. The second-order valence-corrected chi connectivity index (χ2v) is 5.44. The lowest BCUT2D eigenvalue weighted by molar-refractivity contribution is -0.162. The molecule has 0 bridgehead atoms. The monoisotopic (exact) mass is 256 g/mol. The van der Waals surface area contributed by atoms with Crippen LogP contribution in [0.15, 0.2) is 0 Å². The zero-order valence-electron chi connectivity index (χ0n) is 11.5. The number of hydrogen-bond acceptors (Lipinski definition) is 3. The first kappa shape index (κ1) is 15.0. The van der Waals surface area contributed by atoms with E-state index in [9.17, 15) is 14.7 Å². The molecule has 1 amide bonds. The third-order valence-corrected chi connectivity index (χ3v) is 4.16. The van der Waals surface area contributed by atoms with Crippen LogP contribution in [0.3, 0.4) is 0 Å². The lowest BCUT2D eigenvalue weighted by atomic mass is 9.86. The van der Waals surface area contributed by atoms with Gasteiger partial charge in [-0.15, -0.1) is 0 Å². The number of likely N-dealkylation sites (tertiary alicyclic amines) is 1. The van der Waals surface area contributed by atoms with Crippen molar-refractivity contribution in [1.82, 2.24) is 4.90 Å². The standard InChI is InChI=1S/C13H24N2O3/c1-4-9(2)10(14)11(16)15-8-6-5-7-13(15,3)12(17)18/h9-10H,4-8,14H2,1-3H3,(H,17,18)/t9-,10-,13?/m0/s1. The summed E-state index contributed by atoms with van der Waals surface area (Å²) < 4.78 is 0. The zero-order chi connectivity index (χ0) is 13.9. The van der Waals surface area contributed by atoms with E-state index in [1.165, 1.54) is 4.90 Å². The number of rotatable bonds is 4. The molecule has 1 heterocycles. The van der Waals surface area contributed by atoms with Crippen molar-refractivity contribution in [2.24, 2.45) is 11.7 Å². The number of piperidine rings is 1. The quantitative estimate of drug-likeness (QED) is 0.792. The van der Waals surface area contributed by atoms with Crippen molar-refractivity contribution < 1.29 is 14.7 Å². The van der Waals surface area contributed by atoms with Crippen LogP contribution in [0.1, 0.15) is 46.5 Å². The molecular weight excluding hydrogens is 232 g/mol. The maximum Gasteiger partial charge on any atom is 0.329 e. The van der Waals surface area contributed by atoms with E-state index in [0.29, 0.717) is 13.0 Å². The van der Waals surface area contributed by atoms with Crippen molar-refractivity contribution in [1.29, 1.82) is 0 Å². The molecule has 104 valence electrons. The Labute approximate surface area is 108 Å². The van der Waals surface area contributed by atoms with Crippen molar-refractivity contribution in [3.63, 3.8) is 0 Å². The number of carboxylic acid groups (broad SMARTS) is 1. The van der Waals surface area contributed by atoms with Crippen molar-refractivity contribution in [2.45, 2.75) is 58.0 Å². The molecule has 1 rings (SSSR count). The van der Waals surface area contributed by atoms with E-state index >= 15 is 0 Å². The van der Waals surface area contributed by atoms with Gasteiger partial charge >= 0.3 is 5.97 Å². The van der Waals surface area contributed by atoms with Gasteiger partial charge in [0.05, 0.1) is 6.04 Å². The van der Waals surface area contributed by atoms with Gasteiger partial charge in [-0.2, -0.15) is 0 Å². The Balaban J connectivity index is 2.91. The number of hydrogen-bond donors (Lipinski definition) is 2. The van der Waals surface area contributed by atoms with Crippen LogP contribution in [-0.4, -0.2) is 40.0 Å². The van der Waals surface area contributed by atoms with E-state index < -0.39 is 17.6 Å². The van der Waals surface area contributed by atoms with Crippen LogP contribution in [0.5, 0.6) is 0 Å². The average molecular weight is 256 g/mol. The lowest BCUT2D eigenvalue weighted by Gasteiger charge is -2.43. The molecule has 0 aromatic heterocycles. The SMILES string of the molecule is CC[C@H](C)[C@H](N)C(=O)N1CCCCC1(C)C(=O)O. The Morgan fingerprint density at radius 1 is 1.44 bits per heavy atom. The highest BCUT2D eigenvalue weighted by molar-refractivity contribution is 5.89. The minimum Gasteiger partial charge on any atom is -0.480 e. The first-order chi connectivity index (χ1) is 8.34. The van der Waals surface area contributed by atoms with Gasteiger partial charge in [-0.25, -0.2) is 4.79 Å². The third-order valence-electron chi connectivity index (χ3n) is 4.16. The average Bonchev–Trinajstić information content (AvgIpc) is 2.36. The van der Waals surface area contributed by atoms with Crippen LogP contribution in [0.2, 0.25) is 0 Å². The van der Waals surface area contributed by atoms with Gasteiger partial charge in [0.15, 0.2) is 0 Å². The fourth-order valence-corrected chi connectivity index (χ4v) is 2.37. The maximum absolute atomic E-state index is 12.4. The largest absolute Gasteiger partial charge is 0.480 e. The van der Waals surface area contributed by atoms with Crippen LogP contribution < -0.4 is 5.73 Å². The Morgan fingerprint density at radius 3 is 2.56 bits per heavy atom. The molecular formula is C13H24N2O3. The minimum absolute atomic E-state index is 0.0671. The highest BCUT2D eigenvalue weighted by atomic mass is 16.4. The van der Waals surface area contributed by atoms with E-state index in [2.05, 4.69) is 0 Å². The number of aliphatic carboxylic acids is 1. The molecule has 1 unspecified atom stereocenters. The van der Waals surface area contributed by atoms with E-state index in [-0.39, 0.29) is 11.8 Å². The molecule has 0 aromatic rings. The van der Waals surface area contributed by atoms with Crippen molar-refractivity contribution in [3.05, 3.63) is 0 Å². The van der Waals surface area contributed by atoms with Crippen molar-refractivity contribution in [2.75, 3.05) is 6.54 Å². The normalized spacial score (nSPS) is 27.7. The Morgan fingerprint density at radius 2 is 2.06 bits per heavy atom. The summed E-state index contributed by atoms with van der Waals surface area (Å²) in [6, 6.07) is -0.605. The van der Waals surface area contributed by atoms with Crippen LogP contribution in [-0.2, 0) is 9.59 Å². The van der Waals surface area contributed by atoms with Gasteiger partial charge in [-0.05, 0) is 32.1 Å². The topological polar surface area (TPSA) is 83.6 Å². The molecule has 0 aromatic carbocycles. The second kappa shape index (κ2) is 5.69. The summed E-state index contributed by atoms with van der Waals surface area (Å²) in [5.74, 6) is -1.10. The van der Waals surface area contributed by atoms with E-state index in [1.54, 1.807) is 6.92 Å². The summed E-state index contributed by atoms with van der Waals surface area (Å²) in [6.07, 6.45) is 3.00. The molecule has 5 heteroatoms. The van der Waals surface area contributed by atoms with E-state index in [4.69, 9.17) is 5.73 Å². The molecule has 1 aliphatic heterocycles. The van der Waals surface area contributed by atoms with Crippen molar-refractivity contribution >= 4 is 11.9 Å². The Kier molecular flexibility index (Phi) is 4.73. The molecule has 18 heavy (non-hydrogen) atoms. The highest BCUT2D eigenvalue weighted by Gasteiger charge is 2.45. The number of carbonyl (C=O) groups is 2. The highest BCUT2D eigenvalue weighted by Crippen LogP contribution is 2.29. The molecule has 1 aliphatic rings. The van der Waals surface area contributed by atoms with Gasteiger partial charge in [0.25, 0.3) is 0 Å². The van der Waals surface area contributed by atoms with Gasteiger partial charge in [0.1, 0.15) is 5.54 Å². The number of amides is 1. The summed E-state index contributed by atoms with van der Waals surface area (Å²) in [5, 5.41) is 9.36. The number of nitrogens with two attached hydrogens (primary N) is 1. The fourth-order valence-electron chi connectivity index (χ4n) is 2.37. The van der Waals surface area contributed by atoms with Crippen LogP contribution in [0, 0.1) is 5.92 Å². The van der Waals surface area contributed by atoms with Gasteiger partial charge in [0.2, 0.25) is 5.91 Å². The predicted molar refractivity (Wildman–Crippen MR) is 69.0 cm³/mol. The van der Waals surface area contributed by atoms with Gasteiger partial charge in [-0.3, -0.25) is 4.79 Å². The molecule has 0 saturated carbocycles. The summed E-state index contributed by atoms with van der Waals surface area (Å²) in [6.45, 7) is 6.01. The third kappa shape index (κ3) is 2.66. The van der Waals surface area contributed by atoms with Gasteiger partial charge < -0.3 is 15.7 Å². The molecule has 0 radical (unpaired) electrons. The van der Waals surface area contributed by atoms with Crippen molar-refractivity contribution in [3.8, 4) is 0 Å². The molecule has 3 atom stereocenters. The summed E-state index contributed by atoms with van der Waals surface area (Å²) in [7, 11) is 0. The zero-order valence-corrected chi connectivity index (χ0v) is 11.5. The molecule has 3 N–H and O–H groups in total. The van der Waals surface area contributed by atoms with E-state index in [1.807, 2.05) is 13.8 Å². The number of nitrogens with zero attached hydrogens (tertiary/aromatic N) is 1. The van der Waals surface area contributed by atoms with Crippen LogP contribution in [0.25, 0.3) is 0 Å². The molecule has 1 fully saturated rings. The predicted octanol–water partition coefficient (Wildman–Crippen LogP) is 1.22. The summed E-state index contributed by atoms with van der Waals surface area (Å²) in [4.78, 5) is 25.2. The second-order valence-electron chi connectivity index (χ2n) is 5.44. The maximum atomic E-state index is 12.4. The van der Waals surface area contributed by atoms with Gasteiger partial charge in [-0.1, -0.05) is 20.3 Å². The molecule has 0 aliphatic carbocycles. The fraction of sp³-hybridized carbons (Fsp3) is 0.846. The number of carboxylic acids is 1. The number of carbonyl (C=O) groups excluding carboxylic acids is 1. The van der Waals surface area contributed by atoms with Gasteiger partial charge in [0, 0.05) is 6.54 Å². The van der Waals surface area contributed by atoms with Crippen LogP contribution >= 0.6 is 0 Å². The molecule has 5 nitrogen and oxygen atoms in total. The lowest BCUT2D eigenvalue weighted by Crippen LogP contribution is -2.61. The Hall–Kier alpha value is -1.10. The minimum atomic E-state index is -1.10. The molecule has 0 spiro atoms. The molecule has 1 saturated heterocycles. The van der Waals surface area contributed by atoms with E-state index in [0.717, 1.165) is 19.3 Å². The first-order valence-electron chi connectivity index (χ1n) is 6.65. The first-order valence-corrected chi connectivity index (χ1v) is 6.65. The van der Waals surface area contributed by atoms with Crippen LogP contribution in [0.4, 0.5) is 0 Å². The smallest absolute Gasteiger partial charge is 0.329 e. The summed E-state index contributed by atoms with van der Waals surface area (Å²) >= 11 is 0.